The summed E-state index contributed by atoms with van der Waals surface area (Å²) in [5, 5.41) is 10.5. The monoisotopic (exact) mass is 332 g/mol. The molecular formula is C20H20FeO. The van der Waals surface area contributed by atoms with E-state index < -0.39 is 0 Å². The fourth-order valence-corrected chi connectivity index (χ4v) is 2.32. The van der Waals surface area contributed by atoms with E-state index in [1.807, 2.05) is 24.3 Å². The van der Waals surface area contributed by atoms with Gasteiger partial charge < -0.3 is 5.11 Å². The molecule has 1 aliphatic rings. The molecule has 0 unspecified atom stereocenters. The quantitative estimate of drug-likeness (QED) is 0.430. The largest absolute Gasteiger partial charge is 2.00 e. The smallest absolute Gasteiger partial charge is 0.875 e. The molecule has 1 aliphatic carbocycles. The summed E-state index contributed by atoms with van der Waals surface area (Å²) in [6.07, 6.45) is 7.33. The molecule has 0 aliphatic heterocycles. The Hall–Kier alpha value is -1.89. The van der Waals surface area contributed by atoms with Gasteiger partial charge in [-0.1, -0.05) is 66.1 Å². The first-order chi connectivity index (χ1) is 10.1. The molecule has 2 heteroatoms. The molecular weight excluding hydrogens is 312 g/mol. The van der Waals surface area contributed by atoms with E-state index in [-0.39, 0.29) is 22.8 Å². The molecule has 0 heterocycles. The van der Waals surface area contributed by atoms with Gasteiger partial charge in [0.15, 0.2) is 0 Å². The van der Waals surface area contributed by atoms with Crippen LogP contribution in [0.5, 0.6) is 0 Å². The summed E-state index contributed by atoms with van der Waals surface area (Å²) in [5.41, 5.74) is 6.09. The zero-order chi connectivity index (χ0) is 15.2. The maximum absolute atomic E-state index is 10.5. The molecule has 22 heavy (non-hydrogen) atoms. The Kier molecular flexibility index (Phi) is 7.04. The van der Waals surface area contributed by atoms with Crippen molar-refractivity contribution in [2.75, 3.05) is 0 Å². The molecule has 0 amide bonds. The van der Waals surface area contributed by atoms with Gasteiger partial charge in [0.25, 0.3) is 0 Å². The Morgan fingerprint density at radius 3 is 2.00 bits per heavy atom. The van der Waals surface area contributed by atoms with E-state index >= 15 is 0 Å². The predicted molar refractivity (Wildman–Crippen MR) is 87.9 cm³/mol. The van der Waals surface area contributed by atoms with Crippen LogP contribution in [0.1, 0.15) is 18.1 Å². The summed E-state index contributed by atoms with van der Waals surface area (Å²) in [6, 6.07) is 15.1. The fraction of sp³-hybridized carbons (Fsp3) is 0.150. The second-order valence-corrected chi connectivity index (χ2v) is 5.28. The van der Waals surface area contributed by atoms with Crippen LogP contribution in [-0.2, 0) is 17.1 Å². The van der Waals surface area contributed by atoms with E-state index in [1.54, 1.807) is 6.92 Å². The standard InChI is InChI=1S/C13H13.C7H8O.Fe/c1-10-7-11(2)9-13(8-10)12-5-3-4-6-12;1-6(8)7-4-2-3-5-7;/h3-9H,1-2H3;2-5,8H,1H3;/q-1;;+2/p-1. The Bertz CT molecular complexity index is 650. The maximum Gasteiger partial charge on any atom is 2.00 e. The minimum absolute atomic E-state index is 0. The number of allylic oxidation sites excluding steroid dienone is 6. The van der Waals surface area contributed by atoms with Crippen LogP contribution in [0.2, 0.25) is 0 Å². The maximum atomic E-state index is 10.5. The summed E-state index contributed by atoms with van der Waals surface area (Å²) in [6.45, 7) is 5.84. The summed E-state index contributed by atoms with van der Waals surface area (Å²) < 4.78 is 0. The van der Waals surface area contributed by atoms with Gasteiger partial charge in [0, 0.05) is 0 Å². The van der Waals surface area contributed by atoms with Crippen LogP contribution in [0.15, 0.2) is 78.1 Å². The van der Waals surface area contributed by atoms with Crippen LogP contribution < -0.4 is 5.11 Å². The average Bonchev–Trinajstić information content (AvgIpc) is 3.12. The molecule has 0 bridgehead atoms. The van der Waals surface area contributed by atoms with Gasteiger partial charge in [-0.15, -0.1) is 11.8 Å². The second-order valence-electron chi connectivity index (χ2n) is 5.28. The van der Waals surface area contributed by atoms with E-state index in [4.69, 9.17) is 0 Å². The van der Waals surface area contributed by atoms with Crippen LogP contribution >= 0.6 is 0 Å². The molecule has 1 nitrogen and oxygen atoms in total. The number of hydrogen-bond acceptors (Lipinski definition) is 1. The van der Waals surface area contributed by atoms with Gasteiger partial charge in [-0.3, -0.25) is 0 Å². The van der Waals surface area contributed by atoms with Gasteiger partial charge in [-0.25, -0.2) is 0 Å². The third kappa shape index (κ3) is 5.14. The predicted octanol–water partition coefficient (Wildman–Crippen LogP) is 4.43. The van der Waals surface area contributed by atoms with Crippen molar-refractivity contribution in [3.63, 3.8) is 0 Å². The van der Waals surface area contributed by atoms with E-state index in [9.17, 15) is 5.11 Å². The van der Waals surface area contributed by atoms with E-state index in [0.717, 1.165) is 5.57 Å². The number of hydrogen-bond donors (Lipinski definition) is 0. The van der Waals surface area contributed by atoms with Gasteiger partial charge in [0.2, 0.25) is 0 Å². The van der Waals surface area contributed by atoms with Crippen molar-refractivity contribution in [1.82, 2.24) is 0 Å². The van der Waals surface area contributed by atoms with E-state index in [2.05, 4.69) is 56.3 Å². The third-order valence-electron chi connectivity index (χ3n) is 3.29. The summed E-state index contributed by atoms with van der Waals surface area (Å²) in [7, 11) is 0. The molecule has 0 saturated heterocycles. The molecule has 0 radical (unpaired) electrons. The molecule has 2 aromatic rings. The molecule has 0 atom stereocenters. The summed E-state index contributed by atoms with van der Waals surface area (Å²) in [4.78, 5) is 0. The molecule has 0 fully saturated rings. The van der Waals surface area contributed by atoms with Crippen molar-refractivity contribution in [2.45, 2.75) is 20.8 Å². The first-order valence-electron chi connectivity index (χ1n) is 7.09. The van der Waals surface area contributed by atoms with Crippen molar-refractivity contribution in [3.8, 4) is 11.1 Å². The Balaban J connectivity index is 0.000000234. The van der Waals surface area contributed by atoms with Crippen LogP contribution in [0.25, 0.3) is 11.1 Å². The van der Waals surface area contributed by atoms with Gasteiger partial charge in [-0.2, -0.15) is 23.8 Å². The normalized spacial score (nSPS) is 11.7. The van der Waals surface area contributed by atoms with Crippen molar-refractivity contribution in [1.29, 1.82) is 0 Å². The Morgan fingerprint density at radius 2 is 1.59 bits per heavy atom. The number of benzene rings is 1. The molecule has 0 aromatic heterocycles. The first kappa shape index (κ1) is 18.2. The van der Waals surface area contributed by atoms with Gasteiger partial charge >= 0.3 is 17.1 Å². The molecule has 0 N–H and O–H groups in total. The minimum atomic E-state index is 0. The molecule has 114 valence electrons. The van der Waals surface area contributed by atoms with Crippen molar-refractivity contribution >= 4 is 0 Å². The SMILES string of the molecule is CC([O-])=C1C=CC=C1.Cc1cc(C)cc(-c2ccc[cH-]2)c1.[Fe+2]. The zero-order valence-corrected chi connectivity index (χ0v) is 14.2. The zero-order valence-electron chi connectivity index (χ0n) is 13.1. The van der Waals surface area contributed by atoms with Gasteiger partial charge in [0.05, 0.1) is 0 Å². The third-order valence-corrected chi connectivity index (χ3v) is 3.29. The molecule has 2 aromatic carbocycles. The molecule has 3 rings (SSSR count). The van der Waals surface area contributed by atoms with Gasteiger partial charge in [-0.05, 0) is 19.4 Å². The fourth-order valence-electron chi connectivity index (χ4n) is 2.32. The van der Waals surface area contributed by atoms with E-state index in [1.165, 1.54) is 22.3 Å². The van der Waals surface area contributed by atoms with Crippen LogP contribution in [-0.4, -0.2) is 0 Å². The van der Waals surface area contributed by atoms with Crippen molar-refractivity contribution in [3.05, 3.63) is 89.2 Å². The average molecular weight is 332 g/mol. The molecule has 0 saturated carbocycles. The topological polar surface area (TPSA) is 23.1 Å². The minimum Gasteiger partial charge on any atom is -0.875 e. The summed E-state index contributed by atoms with van der Waals surface area (Å²) in [5.74, 6) is 0.134. The van der Waals surface area contributed by atoms with Crippen molar-refractivity contribution in [2.24, 2.45) is 0 Å². The first-order valence-corrected chi connectivity index (χ1v) is 7.09. The Labute approximate surface area is 143 Å². The van der Waals surface area contributed by atoms with Crippen LogP contribution in [0.3, 0.4) is 0 Å². The van der Waals surface area contributed by atoms with Crippen LogP contribution in [0, 0.1) is 13.8 Å². The summed E-state index contributed by atoms with van der Waals surface area (Å²) >= 11 is 0. The van der Waals surface area contributed by atoms with Gasteiger partial charge in [0.1, 0.15) is 0 Å². The van der Waals surface area contributed by atoms with Crippen molar-refractivity contribution < 1.29 is 22.2 Å². The second kappa shape index (κ2) is 8.53. The number of rotatable bonds is 1. The molecule has 0 spiro atoms. The van der Waals surface area contributed by atoms with E-state index in [0.29, 0.717) is 0 Å². The van der Waals surface area contributed by atoms with Crippen LogP contribution in [0.4, 0.5) is 0 Å². The Morgan fingerprint density at radius 1 is 1.00 bits per heavy atom. The number of aryl methyl sites for hydroxylation is 2.